The minimum absolute atomic E-state index is 0.131. The standard InChI is InChI=1S/C14H12Cl2N2O4S/c1-9(11-4-2-3-5-12(11)15)17-23(21,22)10-6-7-13(16)14(8-10)18(19)20/h2-9,17H,1H3/t9-/m1/s1. The van der Waals surface area contributed by atoms with Crippen molar-refractivity contribution in [3.63, 3.8) is 0 Å². The molecule has 0 saturated carbocycles. The quantitative estimate of drug-likeness (QED) is 0.633. The Bertz CT molecular complexity index is 856. The zero-order valence-corrected chi connectivity index (χ0v) is 14.2. The number of nitrogens with zero attached hydrogens (tertiary/aromatic N) is 1. The van der Waals surface area contributed by atoms with Gasteiger partial charge in [-0.25, -0.2) is 13.1 Å². The molecule has 0 heterocycles. The SMILES string of the molecule is C[C@@H](NS(=O)(=O)c1ccc(Cl)c([N+](=O)[O-])c1)c1ccccc1Cl. The van der Waals surface area contributed by atoms with Crippen LogP contribution in [0, 0.1) is 10.1 Å². The van der Waals surface area contributed by atoms with Crippen LogP contribution < -0.4 is 4.72 Å². The fourth-order valence-electron chi connectivity index (χ4n) is 1.99. The van der Waals surface area contributed by atoms with Gasteiger partial charge in [-0.1, -0.05) is 41.4 Å². The highest BCUT2D eigenvalue weighted by Crippen LogP contribution is 2.28. The topological polar surface area (TPSA) is 89.3 Å². The van der Waals surface area contributed by atoms with Gasteiger partial charge < -0.3 is 0 Å². The van der Waals surface area contributed by atoms with Crippen molar-refractivity contribution in [3.05, 3.63) is 68.2 Å². The van der Waals surface area contributed by atoms with Crippen LogP contribution in [0.5, 0.6) is 0 Å². The second kappa shape index (κ2) is 6.84. The number of sulfonamides is 1. The monoisotopic (exact) mass is 374 g/mol. The van der Waals surface area contributed by atoms with E-state index in [-0.39, 0.29) is 9.92 Å². The summed E-state index contributed by atoms with van der Waals surface area (Å²) in [6, 6.07) is 9.50. The average molecular weight is 375 g/mol. The number of nitrogens with one attached hydrogen (secondary N) is 1. The van der Waals surface area contributed by atoms with Gasteiger partial charge >= 0.3 is 0 Å². The van der Waals surface area contributed by atoms with Gasteiger partial charge in [0.25, 0.3) is 5.69 Å². The molecule has 23 heavy (non-hydrogen) atoms. The van der Waals surface area contributed by atoms with E-state index in [2.05, 4.69) is 4.72 Å². The minimum Gasteiger partial charge on any atom is -0.258 e. The van der Waals surface area contributed by atoms with Gasteiger partial charge in [-0.15, -0.1) is 0 Å². The van der Waals surface area contributed by atoms with Crippen LogP contribution >= 0.6 is 23.2 Å². The summed E-state index contributed by atoms with van der Waals surface area (Å²) in [6.45, 7) is 1.63. The van der Waals surface area contributed by atoms with Crippen molar-refractivity contribution in [2.45, 2.75) is 17.9 Å². The van der Waals surface area contributed by atoms with Crippen molar-refractivity contribution in [2.24, 2.45) is 0 Å². The summed E-state index contributed by atoms with van der Waals surface area (Å²) in [5.41, 5.74) is 0.126. The molecule has 2 rings (SSSR count). The molecule has 0 saturated heterocycles. The van der Waals surface area contributed by atoms with Crippen LogP contribution in [0.25, 0.3) is 0 Å². The van der Waals surface area contributed by atoms with E-state index in [1.165, 1.54) is 12.1 Å². The van der Waals surface area contributed by atoms with Crippen molar-refractivity contribution in [2.75, 3.05) is 0 Å². The second-order valence-corrected chi connectivity index (χ2v) is 7.26. The van der Waals surface area contributed by atoms with Gasteiger partial charge in [0.1, 0.15) is 5.02 Å². The molecule has 0 aromatic heterocycles. The third-order valence-corrected chi connectivity index (χ3v) is 5.33. The highest BCUT2D eigenvalue weighted by Gasteiger charge is 2.23. The molecule has 2 aromatic carbocycles. The van der Waals surface area contributed by atoms with Crippen molar-refractivity contribution in [1.29, 1.82) is 0 Å². The lowest BCUT2D eigenvalue weighted by Gasteiger charge is -2.16. The van der Waals surface area contributed by atoms with Crippen LogP contribution in [0.15, 0.2) is 47.4 Å². The van der Waals surface area contributed by atoms with Crippen LogP contribution in [-0.2, 0) is 10.0 Å². The largest absolute Gasteiger partial charge is 0.289 e. The second-order valence-electron chi connectivity index (χ2n) is 4.73. The van der Waals surface area contributed by atoms with Crippen LogP contribution in [0.2, 0.25) is 10.0 Å². The zero-order chi connectivity index (χ0) is 17.2. The summed E-state index contributed by atoms with van der Waals surface area (Å²) in [6.07, 6.45) is 0. The van der Waals surface area contributed by atoms with Gasteiger partial charge in [0.15, 0.2) is 0 Å². The summed E-state index contributed by atoms with van der Waals surface area (Å²) in [4.78, 5) is 9.90. The number of halogens is 2. The Balaban J connectivity index is 2.34. The van der Waals surface area contributed by atoms with Gasteiger partial charge in [-0.2, -0.15) is 0 Å². The van der Waals surface area contributed by atoms with Crippen molar-refractivity contribution >= 4 is 38.9 Å². The third kappa shape index (κ3) is 4.00. The average Bonchev–Trinajstić information content (AvgIpc) is 2.47. The van der Waals surface area contributed by atoms with E-state index in [4.69, 9.17) is 23.2 Å². The Hall–Kier alpha value is -1.67. The van der Waals surface area contributed by atoms with E-state index in [0.717, 1.165) is 6.07 Å². The van der Waals surface area contributed by atoms with Gasteiger partial charge in [0, 0.05) is 17.1 Å². The molecule has 1 N–H and O–H groups in total. The molecule has 0 aliphatic heterocycles. The lowest BCUT2D eigenvalue weighted by Crippen LogP contribution is -2.27. The Morgan fingerprint density at radius 1 is 1.13 bits per heavy atom. The lowest BCUT2D eigenvalue weighted by molar-refractivity contribution is -0.384. The van der Waals surface area contributed by atoms with Gasteiger partial charge in [-0.05, 0) is 30.7 Å². The molecule has 9 heteroatoms. The fraction of sp³-hybridized carbons (Fsp3) is 0.143. The molecule has 1 atom stereocenters. The van der Waals surface area contributed by atoms with Crippen molar-refractivity contribution in [1.82, 2.24) is 4.72 Å². The van der Waals surface area contributed by atoms with E-state index >= 15 is 0 Å². The summed E-state index contributed by atoms with van der Waals surface area (Å²) < 4.78 is 27.2. The maximum absolute atomic E-state index is 12.4. The predicted octanol–water partition coefficient (Wildman–Crippen LogP) is 3.94. The highest BCUT2D eigenvalue weighted by molar-refractivity contribution is 7.89. The number of rotatable bonds is 5. The molecule has 0 aliphatic carbocycles. The van der Waals surface area contributed by atoms with Crippen LogP contribution in [0.1, 0.15) is 18.5 Å². The van der Waals surface area contributed by atoms with Gasteiger partial charge in [-0.3, -0.25) is 10.1 Å². The molecule has 122 valence electrons. The van der Waals surface area contributed by atoms with Crippen molar-refractivity contribution < 1.29 is 13.3 Å². The first-order chi connectivity index (χ1) is 10.7. The number of nitro groups is 1. The third-order valence-electron chi connectivity index (χ3n) is 3.13. The molecule has 6 nitrogen and oxygen atoms in total. The molecule has 2 aromatic rings. The lowest BCUT2D eigenvalue weighted by atomic mass is 10.1. The Labute approximate surface area is 143 Å². The normalized spacial score (nSPS) is 12.8. The number of nitro benzene ring substituents is 1. The fourth-order valence-corrected chi connectivity index (χ4v) is 3.72. The number of benzene rings is 2. The van der Waals surface area contributed by atoms with Gasteiger partial charge in [0.05, 0.1) is 9.82 Å². The van der Waals surface area contributed by atoms with E-state index in [9.17, 15) is 18.5 Å². The molecule has 0 unspecified atom stereocenters. The smallest absolute Gasteiger partial charge is 0.258 e. The number of hydrogen-bond acceptors (Lipinski definition) is 4. The first-order valence-corrected chi connectivity index (χ1v) is 8.67. The molecular weight excluding hydrogens is 363 g/mol. The Morgan fingerprint density at radius 3 is 2.39 bits per heavy atom. The summed E-state index contributed by atoms with van der Waals surface area (Å²) in [5.74, 6) is 0. The maximum Gasteiger partial charge on any atom is 0.289 e. The van der Waals surface area contributed by atoms with E-state index < -0.39 is 26.7 Å². The molecule has 0 fully saturated rings. The summed E-state index contributed by atoms with van der Waals surface area (Å²) in [5, 5.41) is 11.2. The predicted molar refractivity (Wildman–Crippen MR) is 88.3 cm³/mol. The molecule has 0 bridgehead atoms. The van der Waals surface area contributed by atoms with E-state index in [1.807, 2.05) is 0 Å². The first kappa shape index (κ1) is 17.7. The van der Waals surface area contributed by atoms with Gasteiger partial charge in [0.2, 0.25) is 10.0 Å². The maximum atomic E-state index is 12.4. The highest BCUT2D eigenvalue weighted by atomic mass is 35.5. The molecule has 0 radical (unpaired) electrons. The minimum atomic E-state index is -3.97. The summed E-state index contributed by atoms with van der Waals surface area (Å²) in [7, 11) is -3.97. The summed E-state index contributed by atoms with van der Waals surface area (Å²) >= 11 is 11.7. The van der Waals surface area contributed by atoms with E-state index in [1.54, 1.807) is 31.2 Å². The molecule has 0 aliphatic rings. The molecule has 0 amide bonds. The van der Waals surface area contributed by atoms with Crippen molar-refractivity contribution in [3.8, 4) is 0 Å². The van der Waals surface area contributed by atoms with Crippen LogP contribution in [0.3, 0.4) is 0 Å². The molecular formula is C14H12Cl2N2O4S. The Kier molecular flexibility index (Phi) is 5.26. The van der Waals surface area contributed by atoms with Crippen LogP contribution in [0.4, 0.5) is 5.69 Å². The number of hydrogen-bond donors (Lipinski definition) is 1. The van der Waals surface area contributed by atoms with E-state index in [0.29, 0.717) is 10.6 Å². The zero-order valence-electron chi connectivity index (χ0n) is 11.9. The van der Waals surface area contributed by atoms with Crippen LogP contribution in [-0.4, -0.2) is 13.3 Å². The first-order valence-electron chi connectivity index (χ1n) is 6.43. The molecule has 0 spiro atoms. The Morgan fingerprint density at radius 2 is 1.78 bits per heavy atom.